The third-order valence-corrected chi connectivity index (χ3v) is 4.36. The van der Waals surface area contributed by atoms with E-state index < -0.39 is 0 Å². The smallest absolute Gasteiger partial charge is 0.101 e. The fourth-order valence-electron chi connectivity index (χ4n) is 2.22. The predicted molar refractivity (Wildman–Crippen MR) is 76.0 cm³/mol. The maximum Gasteiger partial charge on any atom is 0.101 e. The summed E-state index contributed by atoms with van der Waals surface area (Å²) < 4.78 is 5.66. The van der Waals surface area contributed by atoms with Crippen LogP contribution < -0.4 is 5.32 Å². The number of aromatic nitrogens is 1. The molecule has 4 heteroatoms. The Morgan fingerprint density at radius 1 is 1.61 bits per heavy atom. The zero-order chi connectivity index (χ0) is 12.8. The molecule has 1 saturated heterocycles. The molecule has 0 radical (unpaired) electrons. The van der Waals surface area contributed by atoms with Crippen LogP contribution in [0.2, 0.25) is 0 Å². The van der Waals surface area contributed by atoms with Crippen molar-refractivity contribution in [3.05, 3.63) is 23.9 Å². The zero-order valence-electron chi connectivity index (χ0n) is 11.2. The Morgan fingerprint density at radius 3 is 3.22 bits per heavy atom. The number of pyridine rings is 1. The van der Waals surface area contributed by atoms with Gasteiger partial charge in [-0.15, -0.1) is 11.8 Å². The first-order chi connectivity index (χ1) is 8.81. The predicted octanol–water partition coefficient (Wildman–Crippen LogP) is 3.02. The first-order valence-corrected chi connectivity index (χ1v) is 7.72. The molecule has 18 heavy (non-hydrogen) atoms. The van der Waals surface area contributed by atoms with E-state index in [1.165, 1.54) is 18.4 Å². The number of nitrogens with zero attached hydrogens (tertiary/aromatic N) is 1. The van der Waals surface area contributed by atoms with Gasteiger partial charge in [0.15, 0.2) is 0 Å². The van der Waals surface area contributed by atoms with Crippen LogP contribution in [0.5, 0.6) is 0 Å². The number of ether oxygens (including phenoxy) is 1. The molecule has 2 heterocycles. The molecule has 2 rings (SSSR count). The quantitative estimate of drug-likeness (QED) is 0.803. The summed E-state index contributed by atoms with van der Waals surface area (Å²) in [6.07, 6.45) is 4.69. The van der Waals surface area contributed by atoms with Crippen molar-refractivity contribution >= 4 is 11.8 Å². The van der Waals surface area contributed by atoms with Crippen molar-refractivity contribution in [2.45, 2.75) is 43.9 Å². The van der Waals surface area contributed by atoms with Crippen molar-refractivity contribution in [2.24, 2.45) is 0 Å². The lowest BCUT2D eigenvalue weighted by Gasteiger charge is -2.16. The van der Waals surface area contributed by atoms with Gasteiger partial charge in [0.2, 0.25) is 0 Å². The molecule has 1 fully saturated rings. The fraction of sp³-hybridized carbons (Fsp3) is 0.643. The van der Waals surface area contributed by atoms with Crippen LogP contribution in [0.25, 0.3) is 0 Å². The van der Waals surface area contributed by atoms with Crippen LogP contribution in [0.15, 0.2) is 23.4 Å². The number of hydrogen-bond acceptors (Lipinski definition) is 4. The highest BCUT2D eigenvalue weighted by Crippen LogP contribution is 2.28. The third kappa shape index (κ3) is 3.70. The second kappa shape index (κ2) is 7.12. The van der Waals surface area contributed by atoms with Crippen LogP contribution in [0.4, 0.5) is 0 Å². The maximum atomic E-state index is 5.66. The average molecular weight is 266 g/mol. The van der Waals surface area contributed by atoms with Gasteiger partial charge in [-0.3, -0.25) is 0 Å². The molecule has 2 unspecified atom stereocenters. The van der Waals surface area contributed by atoms with E-state index in [1.54, 1.807) is 0 Å². The number of nitrogens with one attached hydrogen (secondary N) is 1. The maximum absolute atomic E-state index is 5.66. The van der Waals surface area contributed by atoms with Crippen LogP contribution in [0, 0.1) is 0 Å². The van der Waals surface area contributed by atoms with Crippen molar-refractivity contribution in [1.82, 2.24) is 10.3 Å². The van der Waals surface area contributed by atoms with E-state index in [0.717, 1.165) is 23.9 Å². The lowest BCUT2D eigenvalue weighted by molar-refractivity contribution is 0.129. The van der Waals surface area contributed by atoms with Crippen molar-refractivity contribution in [1.29, 1.82) is 0 Å². The van der Waals surface area contributed by atoms with Gasteiger partial charge < -0.3 is 10.1 Å². The molecule has 1 N–H and O–H groups in total. The van der Waals surface area contributed by atoms with Crippen LogP contribution in [0.3, 0.4) is 0 Å². The van der Waals surface area contributed by atoms with Gasteiger partial charge in [0.1, 0.15) is 5.03 Å². The van der Waals surface area contributed by atoms with Crippen molar-refractivity contribution < 1.29 is 4.74 Å². The minimum atomic E-state index is 0.357. The Kier molecular flexibility index (Phi) is 5.47. The highest BCUT2D eigenvalue weighted by Gasteiger charge is 2.17. The standard InChI is InChI=1S/C14H22N2OS/c1-3-15-11(2)13-7-4-8-16-14(13)18-10-12-6-5-9-17-12/h4,7-8,11-12,15H,3,5-6,9-10H2,1-2H3. The lowest BCUT2D eigenvalue weighted by atomic mass is 10.1. The van der Waals surface area contributed by atoms with Crippen molar-refractivity contribution in [3.8, 4) is 0 Å². The molecule has 0 amide bonds. The number of hydrogen-bond donors (Lipinski definition) is 1. The molecule has 0 aromatic carbocycles. The largest absolute Gasteiger partial charge is 0.377 e. The van der Waals surface area contributed by atoms with Crippen molar-refractivity contribution in [2.75, 3.05) is 18.9 Å². The fourth-order valence-corrected chi connectivity index (χ4v) is 3.37. The number of thioether (sulfide) groups is 1. The van der Waals surface area contributed by atoms with Crippen molar-refractivity contribution in [3.63, 3.8) is 0 Å². The summed E-state index contributed by atoms with van der Waals surface area (Å²) in [6.45, 7) is 6.22. The zero-order valence-corrected chi connectivity index (χ0v) is 12.0. The van der Waals surface area contributed by atoms with Gasteiger partial charge in [-0.1, -0.05) is 13.0 Å². The highest BCUT2D eigenvalue weighted by molar-refractivity contribution is 7.99. The van der Waals surface area contributed by atoms with Gasteiger partial charge in [0.05, 0.1) is 6.10 Å². The summed E-state index contributed by atoms with van der Waals surface area (Å²) >= 11 is 1.82. The van der Waals surface area contributed by atoms with E-state index in [1.807, 2.05) is 24.0 Å². The molecule has 0 bridgehead atoms. The van der Waals surface area contributed by atoms with E-state index in [4.69, 9.17) is 4.74 Å². The lowest BCUT2D eigenvalue weighted by Crippen LogP contribution is -2.19. The topological polar surface area (TPSA) is 34.2 Å². The molecule has 0 saturated carbocycles. The average Bonchev–Trinajstić information content (AvgIpc) is 2.90. The van der Waals surface area contributed by atoms with Gasteiger partial charge >= 0.3 is 0 Å². The SMILES string of the molecule is CCNC(C)c1cccnc1SCC1CCCO1. The van der Waals surface area contributed by atoms with Crippen LogP contribution in [-0.4, -0.2) is 30.0 Å². The molecule has 1 aromatic heterocycles. The molecule has 0 aliphatic carbocycles. The van der Waals surface area contributed by atoms with Gasteiger partial charge in [-0.2, -0.15) is 0 Å². The second-order valence-corrected chi connectivity index (χ2v) is 5.63. The Labute approximate surface area is 114 Å². The highest BCUT2D eigenvalue weighted by atomic mass is 32.2. The summed E-state index contributed by atoms with van der Waals surface area (Å²) in [5.41, 5.74) is 1.29. The summed E-state index contributed by atoms with van der Waals surface area (Å²) in [4.78, 5) is 4.51. The minimum absolute atomic E-state index is 0.357. The van der Waals surface area contributed by atoms with E-state index in [2.05, 4.69) is 30.2 Å². The molecule has 100 valence electrons. The second-order valence-electron chi connectivity index (χ2n) is 4.62. The van der Waals surface area contributed by atoms with Crippen LogP contribution >= 0.6 is 11.8 Å². The molecule has 3 nitrogen and oxygen atoms in total. The van der Waals surface area contributed by atoms with Gasteiger partial charge in [-0.05, 0) is 32.4 Å². The monoisotopic (exact) mass is 266 g/mol. The van der Waals surface area contributed by atoms with Crippen LogP contribution in [-0.2, 0) is 4.74 Å². The van der Waals surface area contributed by atoms with Gasteiger partial charge in [-0.25, -0.2) is 4.98 Å². The van der Waals surface area contributed by atoms with E-state index in [-0.39, 0.29) is 0 Å². The first kappa shape index (κ1) is 13.8. The summed E-state index contributed by atoms with van der Waals surface area (Å²) in [6, 6.07) is 4.54. The van der Waals surface area contributed by atoms with Crippen LogP contribution in [0.1, 0.15) is 38.3 Å². The molecule has 1 aromatic rings. The Balaban J connectivity index is 1.97. The Hall–Kier alpha value is -0.580. The van der Waals surface area contributed by atoms with E-state index >= 15 is 0 Å². The summed E-state index contributed by atoms with van der Waals surface area (Å²) in [5, 5.41) is 4.59. The van der Waals surface area contributed by atoms with E-state index in [0.29, 0.717) is 12.1 Å². The molecular weight excluding hydrogens is 244 g/mol. The molecule has 1 aliphatic heterocycles. The summed E-state index contributed by atoms with van der Waals surface area (Å²) in [5.74, 6) is 1.02. The van der Waals surface area contributed by atoms with Gasteiger partial charge in [0.25, 0.3) is 0 Å². The van der Waals surface area contributed by atoms with Gasteiger partial charge in [0, 0.05) is 30.2 Å². The first-order valence-electron chi connectivity index (χ1n) is 6.74. The minimum Gasteiger partial charge on any atom is -0.377 e. The third-order valence-electron chi connectivity index (χ3n) is 3.21. The Morgan fingerprint density at radius 2 is 2.50 bits per heavy atom. The molecular formula is C14H22N2OS. The Bertz CT molecular complexity index is 367. The summed E-state index contributed by atoms with van der Waals surface area (Å²) in [7, 11) is 0. The number of rotatable bonds is 6. The normalized spacial score (nSPS) is 21.1. The molecule has 2 atom stereocenters. The molecule has 0 spiro atoms. The van der Waals surface area contributed by atoms with E-state index in [9.17, 15) is 0 Å². The molecule has 1 aliphatic rings.